The maximum absolute atomic E-state index is 8.98. The lowest BCUT2D eigenvalue weighted by Crippen LogP contribution is -1.93. The van der Waals surface area contributed by atoms with E-state index in [4.69, 9.17) is 32.1 Å². The van der Waals surface area contributed by atoms with Gasteiger partial charge in [0.1, 0.15) is 17.2 Å². The molecule has 0 heterocycles. The molecule has 20 heavy (non-hydrogen) atoms. The normalized spacial score (nSPS) is 9.90. The summed E-state index contributed by atoms with van der Waals surface area (Å²) >= 11 is 5.99. The molecule has 0 amide bonds. The molecule has 5 heteroatoms. The van der Waals surface area contributed by atoms with E-state index in [1.54, 1.807) is 30.3 Å². The summed E-state index contributed by atoms with van der Waals surface area (Å²) in [7, 11) is 1.53. The van der Waals surface area contributed by atoms with Gasteiger partial charge in [0.15, 0.2) is 0 Å². The minimum absolute atomic E-state index is 0.425. The second-order valence-electron chi connectivity index (χ2n) is 4.25. The number of nitriles is 1. The van der Waals surface area contributed by atoms with Crippen molar-refractivity contribution in [1.82, 2.24) is 0 Å². The van der Waals surface area contributed by atoms with Crippen molar-refractivity contribution < 1.29 is 9.47 Å². The number of hydrogen-bond acceptors (Lipinski definition) is 4. The van der Waals surface area contributed by atoms with Crippen molar-refractivity contribution in [2.45, 2.75) is 6.92 Å². The Hall–Kier alpha value is -2.38. The van der Waals surface area contributed by atoms with Crippen LogP contribution in [0.4, 0.5) is 5.69 Å². The summed E-state index contributed by atoms with van der Waals surface area (Å²) in [6, 6.07) is 10.4. The van der Waals surface area contributed by atoms with Crippen LogP contribution >= 0.6 is 11.6 Å². The number of rotatable bonds is 3. The highest BCUT2D eigenvalue weighted by Crippen LogP contribution is 2.33. The molecule has 0 aliphatic rings. The van der Waals surface area contributed by atoms with Gasteiger partial charge in [-0.3, -0.25) is 0 Å². The van der Waals surface area contributed by atoms with Crippen LogP contribution in [-0.2, 0) is 0 Å². The van der Waals surface area contributed by atoms with Gasteiger partial charge in [-0.15, -0.1) is 0 Å². The molecule has 2 aromatic carbocycles. The van der Waals surface area contributed by atoms with Gasteiger partial charge in [0, 0.05) is 12.1 Å². The first-order valence-corrected chi connectivity index (χ1v) is 6.24. The van der Waals surface area contributed by atoms with E-state index in [0.29, 0.717) is 33.5 Å². The number of methoxy groups -OCH3 is 1. The van der Waals surface area contributed by atoms with Gasteiger partial charge in [0.25, 0.3) is 0 Å². The number of halogens is 1. The lowest BCUT2D eigenvalue weighted by molar-refractivity contribution is 0.408. The summed E-state index contributed by atoms with van der Waals surface area (Å²) in [6.45, 7) is 1.87. The van der Waals surface area contributed by atoms with Gasteiger partial charge in [-0.05, 0) is 30.7 Å². The van der Waals surface area contributed by atoms with Crippen molar-refractivity contribution in [3.63, 3.8) is 0 Å². The van der Waals surface area contributed by atoms with E-state index in [2.05, 4.69) is 6.07 Å². The zero-order valence-electron chi connectivity index (χ0n) is 11.1. The van der Waals surface area contributed by atoms with Crippen LogP contribution in [0.15, 0.2) is 30.3 Å². The van der Waals surface area contributed by atoms with Gasteiger partial charge in [0.05, 0.1) is 29.5 Å². The molecule has 0 aliphatic heterocycles. The van der Waals surface area contributed by atoms with Crippen LogP contribution in [0.2, 0.25) is 5.02 Å². The zero-order chi connectivity index (χ0) is 14.7. The van der Waals surface area contributed by atoms with E-state index in [1.807, 2.05) is 6.92 Å². The number of nitrogen functional groups attached to an aromatic ring is 1. The third kappa shape index (κ3) is 2.95. The third-order valence-electron chi connectivity index (χ3n) is 2.77. The first-order valence-electron chi connectivity index (χ1n) is 5.86. The van der Waals surface area contributed by atoms with Crippen molar-refractivity contribution in [2.24, 2.45) is 0 Å². The van der Waals surface area contributed by atoms with Crippen molar-refractivity contribution >= 4 is 17.3 Å². The molecule has 102 valence electrons. The summed E-state index contributed by atoms with van der Waals surface area (Å²) < 4.78 is 10.9. The fourth-order valence-electron chi connectivity index (χ4n) is 1.74. The Morgan fingerprint density at radius 1 is 1.15 bits per heavy atom. The fraction of sp³-hybridized carbons (Fsp3) is 0.133. The van der Waals surface area contributed by atoms with Gasteiger partial charge in [-0.1, -0.05) is 11.6 Å². The second-order valence-corrected chi connectivity index (χ2v) is 4.66. The van der Waals surface area contributed by atoms with E-state index >= 15 is 0 Å². The molecular formula is C15H13ClN2O2. The number of hydrogen-bond donors (Lipinski definition) is 1. The number of ether oxygens (including phenoxy) is 2. The maximum Gasteiger partial charge on any atom is 0.132 e. The molecular weight excluding hydrogens is 276 g/mol. The topological polar surface area (TPSA) is 68.3 Å². The summed E-state index contributed by atoms with van der Waals surface area (Å²) in [6.07, 6.45) is 0. The Morgan fingerprint density at radius 2 is 1.85 bits per heavy atom. The largest absolute Gasteiger partial charge is 0.497 e. The lowest BCUT2D eigenvalue weighted by atomic mass is 10.2. The van der Waals surface area contributed by atoms with E-state index in [9.17, 15) is 0 Å². The molecule has 2 N–H and O–H groups in total. The number of benzene rings is 2. The van der Waals surface area contributed by atoms with Crippen LogP contribution in [0, 0.1) is 18.3 Å². The van der Waals surface area contributed by atoms with Crippen LogP contribution in [0.1, 0.15) is 11.1 Å². The summed E-state index contributed by atoms with van der Waals surface area (Å²) in [5, 5.41) is 9.41. The van der Waals surface area contributed by atoms with E-state index < -0.39 is 0 Å². The minimum atomic E-state index is 0.425. The quantitative estimate of drug-likeness (QED) is 0.870. The van der Waals surface area contributed by atoms with E-state index in [-0.39, 0.29) is 0 Å². The molecule has 0 spiro atoms. The molecule has 0 aromatic heterocycles. The SMILES string of the molecule is COc1cc(C#N)cc(Oc2cc(Cl)c(N)cc2C)c1. The van der Waals surface area contributed by atoms with E-state index in [0.717, 1.165) is 5.56 Å². The van der Waals surface area contributed by atoms with Crippen LogP contribution in [0.25, 0.3) is 0 Å². The molecule has 0 saturated carbocycles. The number of aryl methyl sites for hydroxylation is 1. The lowest BCUT2D eigenvalue weighted by Gasteiger charge is -2.11. The number of nitrogens with zero attached hydrogens (tertiary/aromatic N) is 1. The Balaban J connectivity index is 2.40. The average Bonchev–Trinajstić information content (AvgIpc) is 2.44. The fourth-order valence-corrected chi connectivity index (χ4v) is 1.89. The van der Waals surface area contributed by atoms with Gasteiger partial charge < -0.3 is 15.2 Å². The van der Waals surface area contributed by atoms with Gasteiger partial charge in [-0.2, -0.15) is 5.26 Å². The smallest absolute Gasteiger partial charge is 0.132 e. The summed E-state index contributed by atoms with van der Waals surface area (Å²) in [5.41, 5.74) is 7.54. The molecule has 0 unspecified atom stereocenters. The molecule has 0 saturated heterocycles. The first kappa shape index (κ1) is 14.0. The Bertz CT molecular complexity index is 693. The van der Waals surface area contributed by atoms with Crippen LogP contribution < -0.4 is 15.2 Å². The monoisotopic (exact) mass is 288 g/mol. The Morgan fingerprint density at radius 3 is 2.50 bits per heavy atom. The molecule has 4 nitrogen and oxygen atoms in total. The second kappa shape index (κ2) is 5.72. The molecule has 0 aliphatic carbocycles. The van der Waals surface area contributed by atoms with Gasteiger partial charge in [0.2, 0.25) is 0 Å². The highest BCUT2D eigenvalue weighted by Gasteiger charge is 2.08. The van der Waals surface area contributed by atoms with Crippen LogP contribution in [-0.4, -0.2) is 7.11 Å². The number of nitrogens with two attached hydrogens (primary N) is 1. The third-order valence-corrected chi connectivity index (χ3v) is 3.09. The zero-order valence-corrected chi connectivity index (χ0v) is 11.9. The molecule has 2 aromatic rings. The van der Waals surface area contributed by atoms with Gasteiger partial charge in [-0.25, -0.2) is 0 Å². The Labute approximate surface area is 122 Å². The van der Waals surface area contributed by atoms with E-state index in [1.165, 1.54) is 7.11 Å². The molecule has 0 radical (unpaired) electrons. The summed E-state index contributed by atoms with van der Waals surface area (Å²) in [5.74, 6) is 1.64. The predicted molar refractivity (Wildman–Crippen MR) is 78.4 cm³/mol. The molecule has 2 rings (SSSR count). The van der Waals surface area contributed by atoms with Crippen molar-refractivity contribution in [3.8, 4) is 23.3 Å². The summed E-state index contributed by atoms with van der Waals surface area (Å²) in [4.78, 5) is 0. The Kier molecular flexibility index (Phi) is 4.02. The van der Waals surface area contributed by atoms with Crippen LogP contribution in [0.3, 0.4) is 0 Å². The first-order chi connectivity index (χ1) is 9.53. The standard InChI is InChI=1S/C15H13ClN2O2/c1-9-3-14(18)13(16)7-15(9)20-12-5-10(8-17)4-11(6-12)19-2/h3-7H,18H2,1-2H3. The number of anilines is 1. The highest BCUT2D eigenvalue weighted by atomic mass is 35.5. The highest BCUT2D eigenvalue weighted by molar-refractivity contribution is 6.33. The van der Waals surface area contributed by atoms with Crippen LogP contribution in [0.5, 0.6) is 17.2 Å². The maximum atomic E-state index is 8.98. The van der Waals surface area contributed by atoms with Crippen molar-refractivity contribution in [3.05, 3.63) is 46.5 Å². The molecule has 0 bridgehead atoms. The minimum Gasteiger partial charge on any atom is -0.497 e. The average molecular weight is 289 g/mol. The molecule has 0 fully saturated rings. The molecule has 0 atom stereocenters. The van der Waals surface area contributed by atoms with Gasteiger partial charge >= 0.3 is 0 Å². The predicted octanol–water partition coefficient (Wildman–Crippen LogP) is 3.90. The van der Waals surface area contributed by atoms with Crippen molar-refractivity contribution in [2.75, 3.05) is 12.8 Å². The van der Waals surface area contributed by atoms with Crippen molar-refractivity contribution in [1.29, 1.82) is 5.26 Å².